The van der Waals surface area contributed by atoms with Gasteiger partial charge in [-0.1, -0.05) is 5.10 Å². The molecule has 0 saturated heterocycles. The third kappa shape index (κ3) is 2.40. The van der Waals surface area contributed by atoms with Crippen molar-refractivity contribution in [1.29, 1.82) is 0 Å². The average Bonchev–Trinajstić information content (AvgIpc) is 2.66. The maximum absolute atomic E-state index is 13.0. The number of nitrogens with zero attached hydrogens (tertiary/aromatic N) is 2. The second kappa shape index (κ2) is 4.26. The predicted octanol–water partition coefficient (Wildman–Crippen LogP) is 0.900. The van der Waals surface area contributed by atoms with E-state index in [0.717, 1.165) is 18.2 Å². The number of nitrogens with one attached hydrogen (secondary N) is 1. The second-order valence-corrected chi connectivity index (χ2v) is 5.06. The maximum Gasteiger partial charge on any atom is 0.329 e. The highest BCUT2D eigenvalue weighted by molar-refractivity contribution is 7.92. The van der Waals surface area contributed by atoms with Crippen LogP contribution in [0.5, 0.6) is 0 Å². The summed E-state index contributed by atoms with van der Waals surface area (Å²) < 4.78 is 43.7. The fourth-order valence-corrected chi connectivity index (χ4v) is 2.32. The standard InChI is InChI=1S/C9H9FN4O3S/c1-5-12-13-9(17-5)14-18(15,16)8-4-6(10)2-3-7(8)11/h2-4H,11H2,1H3,(H,13,14). The van der Waals surface area contributed by atoms with E-state index in [0.29, 0.717) is 0 Å². The zero-order valence-electron chi connectivity index (χ0n) is 9.21. The number of nitrogen functional groups attached to an aromatic ring is 1. The molecular weight excluding hydrogens is 263 g/mol. The van der Waals surface area contributed by atoms with E-state index < -0.39 is 20.7 Å². The summed E-state index contributed by atoms with van der Waals surface area (Å²) in [7, 11) is -4.06. The number of aromatic nitrogens is 2. The van der Waals surface area contributed by atoms with E-state index in [1.807, 2.05) is 4.72 Å². The normalized spacial score (nSPS) is 11.4. The van der Waals surface area contributed by atoms with Crippen LogP contribution in [-0.4, -0.2) is 18.6 Å². The summed E-state index contributed by atoms with van der Waals surface area (Å²) in [5, 5.41) is 6.92. The topological polar surface area (TPSA) is 111 Å². The third-order valence-corrected chi connectivity index (χ3v) is 3.39. The molecule has 0 saturated carbocycles. The molecule has 0 aliphatic heterocycles. The highest BCUT2D eigenvalue weighted by atomic mass is 32.2. The lowest BCUT2D eigenvalue weighted by atomic mass is 10.3. The van der Waals surface area contributed by atoms with Crippen molar-refractivity contribution in [3.8, 4) is 0 Å². The minimum atomic E-state index is -4.06. The predicted molar refractivity (Wildman–Crippen MR) is 60.7 cm³/mol. The van der Waals surface area contributed by atoms with Gasteiger partial charge in [-0.25, -0.2) is 17.5 Å². The van der Waals surface area contributed by atoms with Crippen LogP contribution < -0.4 is 10.5 Å². The average molecular weight is 272 g/mol. The Morgan fingerprint density at radius 1 is 1.39 bits per heavy atom. The molecule has 0 radical (unpaired) electrons. The maximum atomic E-state index is 13.0. The first-order chi connectivity index (χ1) is 8.38. The molecule has 0 amide bonds. The number of nitrogens with two attached hydrogens (primary N) is 1. The van der Waals surface area contributed by atoms with Gasteiger partial charge in [0.2, 0.25) is 5.89 Å². The van der Waals surface area contributed by atoms with Gasteiger partial charge in [0, 0.05) is 6.92 Å². The van der Waals surface area contributed by atoms with Crippen molar-refractivity contribution < 1.29 is 17.2 Å². The molecule has 96 valence electrons. The number of rotatable bonds is 3. The van der Waals surface area contributed by atoms with Crippen LogP contribution in [0, 0.1) is 12.7 Å². The molecule has 0 bridgehead atoms. The van der Waals surface area contributed by atoms with Gasteiger partial charge in [-0.3, -0.25) is 0 Å². The van der Waals surface area contributed by atoms with Crippen LogP contribution in [0.3, 0.4) is 0 Å². The largest absolute Gasteiger partial charge is 0.408 e. The van der Waals surface area contributed by atoms with E-state index in [9.17, 15) is 12.8 Å². The van der Waals surface area contributed by atoms with E-state index in [1.165, 1.54) is 6.92 Å². The Labute approximate surface area is 102 Å². The lowest BCUT2D eigenvalue weighted by Gasteiger charge is -2.06. The van der Waals surface area contributed by atoms with E-state index in [1.54, 1.807) is 0 Å². The van der Waals surface area contributed by atoms with Crippen LogP contribution in [0.2, 0.25) is 0 Å². The zero-order chi connectivity index (χ0) is 13.3. The van der Waals surface area contributed by atoms with Crippen LogP contribution in [0.25, 0.3) is 0 Å². The third-order valence-electron chi connectivity index (χ3n) is 2.01. The van der Waals surface area contributed by atoms with Crippen molar-refractivity contribution in [1.82, 2.24) is 10.2 Å². The Bertz CT molecular complexity index is 683. The molecule has 0 spiro atoms. The van der Waals surface area contributed by atoms with E-state index >= 15 is 0 Å². The van der Waals surface area contributed by atoms with Gasteiger partial charge >= 0.3 is 6.01 Å². The van der Waals surface area contributed by atoms with Crippen LogP contribution in [0.15, 0.2) is 27.5 Å². The first-order valence-corrected chi connectivity index (χ1v) is 6.25. The number of hydrogen-bond acceptors (Lipinski definition) is 6. The fourth-order valence-electron chi connectivity index (χ4n) is 1.25. The molecule has 0 aliphatic carbocycles. The summed E-state index contributed by atoms with van der Waals surface area (Å²) in [6.45, 7) is 1.50. The van der Waals surface area contributed by atoms with Gasteiger partial charge < -0.3 is 10.2 Å². The molecule has 7 nitrogen and oxygen atoms in total. The van der Waals surface area contributed by atoms with Gasteiger partial charge in [-0.05, 0) is 18.2 Å². The second-order valence-electron chi connectivity index (χ2n) is 3.41. The summed E-state index contributed by atoms with van der Waals surface area (Å²) in [4.78, 5) is -0.390. The van der Waals surface area contributed by atoms with E-state index in [-0.39, 0.29) is 17.6 Å². The summed E-state index contributed by atoms with van der Waals surface area (Å²) in [5.74, 6) is -0.522. The molecule has 1 aromatic heterocycles. The van der Waals surface area contributed by atoms with Crippen LogP contribution in [0.4, 0.5) is 16.1 Å². The fraction of sp³-hybridized carbons (Fsp3) is 0.111. The number of sulfonamides is 1. The van der Waals surface area contributed by atoms with Gasteiger partial charge in [0.05, 0.1) is 5.69 Å². The molecule has 0 atom stereocenters. The molecule has 0 unspecified atom stereocenters. The lowest BCUT2D eigenvalue weighted by Crippen LogP contribution is -2.15. The van der Waals surface area contributed by atoms with E-state index in [4.69, 9.17) is 10.2 Å². The number of halogens is 1. The number of hydrogen-bond donors (Lipinski definition) is 2. The first kappa shape index (κ1) is 12.3. The van der Waals surface area contributed by atoms with Gasteiger partial charge in [0.25, 0.3) is 10.0 Å². The monoisotopic (exact) mass is 272 g/mol. The molecule has 3 N–H and O–H groups in total. The van der Waals surface area contributed by atoms with Crippen molar-refractivity contribution in [3.05, 3.63) is 29.9 Å². The van der Waals surface area contributed by atoms with Crippen molar-refractivity contribution in [2.75, 3.05) is 10.5 Å². The van der Waals surface area contributed by atoms with Crippen LogP contribution in [0.1, 0.15) is 5.89 Å². The SMILES string of the molecule is Cc1nnc(NS(=O)(=O)c2cc(F)ccc2N)o1. The molecule has 1 aromatic carbocycles. The Morgan fingerprint density at radius 3 is 2.72 bits per heavy atom. The molecular formula is C9H9FN4O3S. The summed E-state index contributed by atoms with van der Waals surface area (Å²) in [6, 6.07) is 2.71. The Morgan fingerprint density at radius 2 is 2.11 bits per heavy atom. The quantitative estimate of drug-likeness (QED) is 0.803. The zero-order valence-corrected chi connectivity index (χ0v) is 10.0. The van der Waals surface area contributed by atoms with Crippen molar-refractivity contribution >= 4 is 21.7 Å². The first-order valence-electron chi connectivity index (χ1n) is 4.76. The molecule has 18 heavy (non-hydrogen) atoms. The smallest absolute Gasteiger partial charge is 0.329 e. The molecule has 2 aromatic rings. The summed E-state index contributed by atoms with van der Waals surface area (Å²) in [5.41, 5.74) is 5.40. The lowest BCUT2D eigenvalue weighted by molar-refractivity contribution is 0.534. The molecule has 1 heterocycles. The van der Waals surface area contributed by atoms with Gasteiger partial charge in [0.1, 0.15) is 10.7 Å². The number of anilines is 2. The minimum Gasteiger partial charge on any atom is -0.408 e. The van der Waals surface area contributed by atoms with Gasteiger partial charge in [-0.2, -0.15) is 0 Å². The molecule has 2 rings (SSSR count). The van der Waals surface area contributed by atoms with Crippen molar-refractivity contribution in [3.63, 3.8) is 0 Å². The van der Waals surface area contributed by atoms with Gasteiger partial charge in [-0.15, -0.1) is 5.10 Å². The summed E-state index contributed by atoms with van der Waals surface area (Å²) in [6.07, 6.45) is 0. The highest BCUT2D eigenvalue weighted by Gasteiger charge is 2.20. The van der Waals surface area contributed by atoms with Crippen molar-refractivity contribution in [2.45, 2.75) is 11.8 Å². The molecule has 0 fully saturated rings. The highest BCUT2D eigenvalue weighted by Crippen LogP contribution is 2.21. The van der Waals surface area contributed by atoms with Crippen molar-refractivity contribution in [2.24, 2.45) is 0 Å². The van der Waals surface area contributed by atoms with Crippen LogP contribution >= 0.6 is 0 Å². The minimum absolute atomic E-state index is 0.0832. The number of aryl methyl sites for hydroxylation is 1. The van der Waals surface area contributed by atoms with Crippen LogP contribution in [-0.2, 0) is 10.0 Å². The Hall–Kier alpha value is -2.16. The number of benzene rings is 1. The molecule has 9 heteroatoms. The Balaban J connectivity index is 2.39. The van der Waals surface area contributed by atoms with E-state index in [2.05, 4.69) is 10.2 Å². The summed E-state index contributed by atoms with van der Waals surface area (Å²) >= 11 is 0. The molecule has 0 aliphatic rings. The Kier molecular flexibility index (Phi) is 2.91. The van der Waals surface area contributed by atoms with Gasteiger partial charge in [0.15, 0.2) is 0 Å².